The fourth-order valence-electron chi connectivity index (χ4n) is 8.56. The van der Waals surface area contributed by atoms with Gasteiger partial charge in [0.25, 0.3) is 19.3 Å². The number of esters is 2. The predicted molar refractivity (Wildman–Crippen MR) is 343 cm³/mol. The van der Waals surface area contributed by atoms with Crippen molar-refractivity contribution in [3.63, 3.8) is 0 Å². The number of aliphatic hydroxyl groups is 1. The molecule has 0 radical (unpaired) electrons. The van der Waals surface area contributed by atoms with Crippen LogP contribution in [0, 0.1) is 5.41 Å². The van der Waals surface area contributed by atoms with E-state index in [1.807, 2.05) is 27.7 Å². The summed E-state index contributed by atoms with van der Waals surface area (Å²) in [7, 11) is 0. The maximum Gasteiger partial charge on any atom is 0.319 e. The smallest absolute Gasteiger partial charge is 0.319 e. The van der Waals surface area contributed by atoms with Gasteiger partial charge in [-0.15, -0.1) is 0 Å². The number of nitrogens with zero attached hydrogens (tertiary/aromatic N) is 8. The number of ether oxygens (including phenoxy) is 5. The first-order valence-electron chi connectivity index (χ1n) is 30.0. The Kier molecular flexibility index (Phi) is 28.1. The standard InChI is InChI=1S/C23H25F2N3O4.C21H23F2N3O3.C15H15F2N3O2.C8H13BrO3/c1-5-31-18-11-20-27-19(23(3,4)22(30)32-6-2)13-28(20)12-14(18)10-17(29)15-8-7-9-16(26-15)21(24)25;1-4-29-17-9-19-25-18(21(2,3)12-27)11-26(19)10-13(17)8-16(28)14-6-5-7-15(24-14)20(22)23;1-2-22-13-7-14(18)19-8-9(13)6-12(21)10-4-3-5-11(20-10)15(16)17;1-4-12-7(11)8(2,3)6(10)5-9/h7-9,11-13,21H,5-6,10H2,1-4H3;5-7,9-11,20,27H,4,8,12H2,1-3H3;3-5,7-8,15H,2,6H2,1H3,(H2,18,19);4-5H2,1-3H3. The lowest BCUT2D eigenvalue weighted by atomic mass is 9.89. The number of nitrogens with two attached hydrogens (primary N) is 1. The van der Waals surface area contributed by atoms with Gasteiger partial charge in [-0.2, -0.15) is 0 Å². The number of carbonyl (C=O) groups is 6. The van der Waals surface area contributed by atoms with Crippen LogP contribution in [0.5, 0.6) is 17.2 Å². The van der Waals surface area contributed by atoms with E-state index in [0.717, 1.165) is 0 Å². The van der Waals surface area contributed by atoms with E-state index in [-0.39, 0.29) is 72.3 Å². The number of pyridine rings is 6. The Balaban J connectivity index is 0.000000240. The molecule has 8 aromatic rings. The van der Waals surface area contributed by atoms with Crippen molar-refractivity contribution in [3.8, 4) is 17.2 Å². The van der Waals surface area contributed by atoms with E-state index < -0.39 is 76.1 Å². The molecule has 8 rings (SSSR count). The van der Waals surface area contributed by atoms with Crippen molar-refractivity contribution in [3.05, 3.63) is 166 Å². The normalized spacial score (nSPS) is 11.5. The number of hydrogen-bond donors (Lipinski definition) is 2. The van der Waals surface area contributed by atoms with Crippen LogP contribution in [0.1, 0.15) is 172 Å². The summed E-state index contributed by atoms with van der Waals surface area (Å²) in [6.07, 6.45) is -0.0608. The Morgan fingerprint density at radius 2 is 0.905 bits per heavy atom. The van der Waals surface area contributed by atoms with Gasteiger partial charge in [0.1, 0.15) is 79.4 Å². The summed E-state index contributed by atoms with van der Waals surface area (Å²) in [6, 6.07) is 16.9. The van der Waals surface area contributed by atoms with Gasteiger partial charge in [-0.25, -0.2) is 56.2 Å². The molecule has 0 unspecified atom stereocenters. The average molecular weight is 1390 g/mol. The molecule has 0 aliphatic carbocycles. The molecule has 21 nitrogen and oxygen atoms in total. The molecule has 0 aliphatic rings. The third-order valence-corrected chi connectivity index (χ3v) is 14.7. The first-order chi connectivity index (χ1) is 44.9. The van der Waals surface area contributed by atoms with E-state index in [1.54, 1.807) is 94.2 Å². The molecular formula is C67H76BrF6N9O12. The molecule has 0 saturated carbocycles. The van der Waals surface area contributed by atoms with Crippen molar-refractivity contribution < 1.29 is 83.9 Å². The molecule has 0 aromatic carbocycles. The zero-order chi connectivity index (χ0) is 70.5. The molecule has 3 N–H and O–H groups in total. The van der Waals surface area contributed by atoms with Gasteiger partial charge < -0.3 is 43.3 Å². The molecular weight excluding hydrogens is 1320 g/mol. The van der Waals surface area contributed by atoms with E-state index in [4.69, 9.17) is 29.4 Å². The summed E-state index contributed by atoms with van der Waals surface area (Å²) >= 11 is 3.01. The number of rotatable bonds is 27. The van der Waals surface area contributed by atoms with Crippen LogP contribution in [0.2, 0.25) is 0 Å². The van der Waals surface area contributed by atoms with E-state index in [2.05, 4.69) is 45.8 Å². The van der Waals surface area contributed by atoms with Gasteiger partial charge in [-0.3, -0.25) is 28.8 Å². The Labute approximate surface area is 553 Å². The minimum absolute atomic E-state index is 0.0157. The number of aromatic nitrogens is 8. The first kappa shape index (κ1) is 76.5. The second-order valence-corrected chi connectivity index (χ2v) is 23.0. The number of hydrogen-bond acceptors (Lipinski definition) is 19. The number of halogens is 7. The minimum atomic E-state index is -2.76. The number of imidazole rings is 2. The van der Waals surface area contributed by atoms with Crippen LogP contribution in [0.4, 0.5) is 32.2 Å². The third kappa shape index (κ3) is 20.7. The zero-order valence-electron chi connectivity index (χ0n) is 54.4. The molecule has 95 heavy (non-hydrogen) atoms. The van der Waals surface area contributed by atoms with Crippen molar-refractivity contribution in [2.75, 3.05) is 50.7 Å². The number of carbonyl (C=O) groups excluding carboxylic acids is 6. The maximum absolute atomic E-state index is 12.9. The van der Waals surface area contributed by atoms with Crippen LogP contribution in [-0.2, 0) is 53.9 Å². The monoisotopic (exact) mass is 1390 g/mol. The number of aliphatic hydroxyl groups excluding tert-OH is 1. The summed E-state index contributed by atoms with van der Waals surface area (Å²) < 4.78 is 107. The number of fused-ring (bicyclic) bond motifs is 2. The number of alkyl halides is 7. The molecule has 0 atom stereocenters. The van der Waals surface area contributed by atoms with Crippen molar-refractivity contribution >= 4 is 68.1 Å². The van der Waals surface area contributed by atoms with Gasteiger partial charge >= 0.3 is 11.9 Å². The lowest BCUT2D eigenvalue weighted by molar-refractivity contribution is -0.157. The fraction of sp³-hybridized carbons (Fsp3) is 0.403. The van der Waals surface area contributed by atoms with Crippen LogP contribution in [0.3, 0.4) is 0 Å². The molecule has 0 saturated heterocycles. The van der Waals surface area contributed by atoms with Crippen LogP contribution in [0.25, 0.3) is 11.3 Å². The van der Waals surface area contributed by atoms with Crippen molar-refractivity contribution in [2.45, 2.75) is 126 Å². The summed E-state index contributed by atoms with van der Waals surface area (Å²) in [5.74, 6) is -0.546. The molecule has 510 valence electrons. The number of nitrogen functional groups attached to an aromatic ring is 1. The Morgan fingerprint density at radius 1 is 0.526 bits per heavy atom. The summed E-state index contributed by atoms with van der Waals surface area (Å²) in [5.41, 5.74) is 5.74. The fourth-order valence-corrected chi connectivity index (χ4v) is 9.26. The van der Waals surface area contributed by atoms with Gasteiger partial charge in [0.2, 0.25) is 0 Å². The van der Waals surface area contributed by atoms with Crippen LogP contribution >= 0.6 is 15.9 Å². The van der Waals surface area contributed by atoms with Gasteiger partial charge in [0, 0.05) is 90.6 Å². The van der Waals surface area contributed by atoms with Gasteiger partial charge in [0.05, 0.1) is 56.4 Å². The zero-order valence-corrected chi connectivity index (χ0v) is 55.9. The van der Waals surface area contributed by atoms with Gasteiger partial charge in [-0.05, 0) is 98.7 Å². The Bertz CT molecular complexity index is 3970. The number of ketones is 4. The van der Waals surface area contributed by atoms with Crippen molar-refractivity contribution in [1.29, 1.82) is 0 Å². The van der Waals surface area contributed by atoms with Gasteiger partial charge in [-0.1, -0.05) is 48.0 Å². The van der Waals surface area contributed by atoms with Crippen molar-refractivity contribution in [1.82, 2.24) is 38.7 Å². The Morgan fingerprint density at radius 3 is 1.28 bits per heavy atom. The first-order valence-corrected chi connectivity index (χ1v) is 31.1. The summed E-state index contributed by atoms with van der Waals surface area (Å²) in [6.45, 7) is 20.9. The highest BCUT2D eigenvalue weighted by atomic mass is 79.9. The SMILES string of the molecule is CCOC(=O)C(C)(C)C(=O)CBr.CCOC(=O)C(C)(C)c1cn2cc(CC(=O)c3cccc(C(F)F)n3)c(OCC)cc2n1.CCOc1cc(N)ncc1CC(=O)c1cccc(C(F)F)n1.CCOc1cc2nc(C(C)(C)CO)cn2cc1CC(=O)c1cccc(C(F)F)n1. The lowest BCUT2D eigenvalue weighted by Crippen LogP contribution is -2.35. The molecule has 0 amide bonds. The quantitative estimate of drug-likeness (QED) is 0.0159. The number of Topliss-reactive ketones (excluding diaryl/α,β-unsaturated/α-hetero) is 4. The largest absolute Gasteiger partial charge is 0.493 e. The highest BCUT2D eigenvalue weighted by Gasteiger charge is 2.37. The Hall–Kier alpha value is -9.18. The average Bonchev–Trinajstić information content (AvgIpc) is 1.65. The third-order valence-electron chi connectivity index (χ3n) is 14.1. The van der Waals surface area contributed by atoms with Crippen LogP contribution in [0.15, 0.2) is 104 Å². The molecule has 0 bridgehead atoms. The molecule has 28 heteroatoms. The predicted octanol–water partition coefficient (Wildman–Crippen LogP) is 12.5. The van der Waals surface area contributed by atoms with E-state index >= 15 is 0 Å². The topological polar surface area (TPSA) is 281 Å². The van der Waals surface area contributed by atoms with Crippen LogP contribution < -0.4 is 19.9 Å². The highest BCUT2D eigenvalue weighted by Crippen LogP contribution is 2.31. The number of anilines is 1. The maximum atomic E-state index is 12.9. The molecule has 0 spiro atoms. The molecule has 0 fully saturated rings. The summed E-state index contributed by atoms with van der Waals surface area (Å²) in [4.78, 5) is 96.6. The minimum Gasteiger partial charge on any atom is -0.493 e. The second-order valence-electron chi connectivity index (χ2n) is 22.5. The van der Waals surface area contributed by atoms with E-state index in [1.165, 1.54) is 66.9 Å². The molecule has 8 heterocycles. The van der Waals surface area contributed by atoms with E-state index in [9.17, 15) is 60.2 Å². The van der Waals surface area contributed by atoms with Crippen LogP contribution in [-0.4, -0.2) is 124 Å². The molecule has 8 aromatic heterocycles. The van der Waals surface area contributed by atoms with E-state index in [0.29, 0.717) is 83.0 Å². The highest BCUT2D eigenvalue weighted by molar-refractivity contribution is 9.09. The molecule has 0 aliphatic heterocycles. The van der Waals surface area contributed by atoms with Gasteiger partial charge in [0.15, 0.2) is 23.1 Å². The second kappa shape index (κ2) is 34.8. The van der Waals surface area contributed by atoms with Crippen molar-refractivity contribution in [2.24, 2.45) is 5.41 Å². The lowest BCUT2D eigenvalue weighted by Gasteiger charge is -2.19. The summed E-state index contributed by atoms with van der Waals surface area (Å²) in [5, 5.41) is 9.77.